The zero-order valence-corrected chi connectivity index (χ0v) is 13.1. The van der Waals surface area contributed by atoms with Gasteiger partial charge in [-0.1, -0.05) is 18.2 Å². The van der Waals surface area contributed by atoms with Crippen molar-refractivity contribution in [3.05, 3.63) is 35.5 Å². The lowest BCUT2D eigenvalue weighted by molar-refractivity contribution is -0.139. The normalized spacial score (nSPS) is 16.5. The largest absolute Gasteiger partial charge is 0.481 e. The molecule has 1 fully saturated rings. The lowest BCUT2D eigenvalue weighted by atomic mass is 10.1. The van der Waals surface area contributed by atoms with Gasteiger partial charge in [0.1, 0.15) is 11.4 Å². The fraction of sp³-hybridized carbons (Fsp3) is 0.267. The number of carbonyl (C=O) groups is 2. The first kappa shape index (κ1) is 16.0. The summed E-state index contributed by atoms with van der Waals surface area (Å²) in [5, 5.41) is 9.16. The number of amides is 1. The number of carbonyl (C=O) groups excluding carboxylic acids is 1. The average molecular weight is 320 g/mol. The van der Waals surface area contributed by atoms with Crippen molar-refractivity contribution >= 4 is 35.3 Å². The summed E-state index contributed by atoms with van der Waals surface area (Å²) in [4.78, 5) is 26.1. The van der Waals surface area contributed by atoms with Gasteiger partial charge >= 0.3 is 5.97 Å². The molecule has 1 aromatic rings. The van der Waals surface area contributed by atoms with E-state index in [9.17, 15) is 9.59 Å². The van der Waals surface area contributed by atoms with Crippen LogP contribution < -0.4 is 4.74 Å². The van der Waals surface area contributed by atoms with Crippen molar-refractivity contribution in [2.75, 3.05) is 20.2 Å². The van der Waals surface area contributed by atoms with Crippen LogP contribution in [0.25, 0.3) is 6.08 Å². The number of benzene rings is 1. The number of rotatable bonds is 5. The number of likely N-dealkylation sites (N-methyl/N-ethyl adjacent to an activating group) is 2. The van der Waals surface area contributed by atoms with Crippen LogP contribution in [0.4, 0.5) is 0 Å². The van der Waals surface area contributed by atoms with E-state index in [-0.39, 0.29) is 5.91 Å². The second kappa shape index (κ2) is 6.57. The number of thiocarbonyl (C=S) groups is 1. The van der Waals surface area contributed by atoms with Crippen LogP contribution in [0.2, 0.25) is 0 Å². The SMILES string of the molecule is CCN1C(=O)/C(=C/c2ccccc2OCC(=O)O)N(C)C1=S. The van der Waals surface area contributed by atoms with Gasteiger partial charge in [-0.05, 0) is 31.3 Å². The molecule has 1 saturated heterocycles. The summed E-state index contributed by atoms with van der Waals surface area (Å²) in [6.45, 7) is 1.91. The maximum absolute atomic E-state index is 12.3. The van der Waals surface area contributed by atoms with Crippen molar-refractivity contribution in [1.29, 1.82) is 0 Å². The number of hydrogen-bond donors (Lipinski definition) is 1. The van der Waals surface area contributed by atoms with E-state index in [0.29, 0.717) is 28.7 Å². The van der Waals surface area contributed by atoms with Crippen molar-refractivity contribution in [3.63, 3.8) is 0 Å². The number of carboxylic acids is 1. The molecule has 0 radical (unpaired) electrons. The fourth-order valence-corrected chi connectivity index (χ4v) is 2.42. The Morgan fingerprint density at radius 2 is 2.09 bits per heavy atom. The highest BCUT2D eigenvalue weighted by molar-refractivity contribution is 7.80. The lowest BCUT2D eigenvalue weighted by Crippen LogP contribution is -2.30. The molecule has 0 atom stereocenters. The maximum atomic E-state index is 12.3. The Hall–Kier alpha value is -2.41. The molecule has 6 nitrogen and oxygen atoms in total. The summed E-state index contributed by atoms with van der Waals surface area (Å²) < 4.78 is 5.24. The first-order valence-electron chi connectivity index (χ1n) is 6.70. The Bertz CT molecular complexity index is 657. The van der Waals surface area contributed by atoms with Crippen LogP contribution >= 0.6 is 12.2 Å². The minimum absolute atomic E-state index is 0.178. The molecule has 7 heteroatoms. The van der Waals surface area contributed by atoms with Gasteiger partial charge in [-0.2, -0.15) is 0 Å². The fourth-order valence-electron chi connectivity index (χ4n) is 2.11. The van der Waals surface area contributed by atoms with E-state index in [1.165, 1.54) is 4.90 Å². The van der Waals surface area contributed by atoms with Crippen LogP contribution in [0.3, 0.4) is 0 Å². The topological polar surface area (TPSA) is 70.1 Å². The summed E-state index contributed by atoms with van der Waals surface area (Å²) in [6, 6.07) is 6.94. The van der Waals surface area contributed by atoms with Crippen LogP contribution in [-0.2, 0) is 9.59 Å². The highest BCUT2D eigenvalue weighted by atomic mass is 32.1. The molecule has 1 aromatic carbocycles. The number of ether oxygens (including phenoxy) is 1. The first-order valence-corrected chi connectivity index (χ1v) is 7.11. The lowest BCUT2D eigenvalue weighted by Gasteiger charge is -2.13. The summed E-state index contributed by atoms with van der Waals surface area (Å²) in [7, 11) is 1.72. The van der Waals surface area contributed by atoms with Crippen molar-refractivity contribution in [2.45, 2.75) is 6.92 Å². The molecule has 0 aliphatic carbocycles. The molecule has 1 aliphatic heterocycles. The van der Waals surface area contributed by atoms with Crippen LogP contribution in [0.15, 0.2) is 30.0 Å². The Kier molecular flexibility index (Phi) is 4.77. The smallest absolute Gasteiger partial charge is 0.341 e. The minimum Gasteiger partial charge on any atom is -0.481 e. The van der Waals surface area contributed by atoms with Gasteiger partial charge in [0.2, 0.25) is 0 Å². The molecule has 0 bridgehead atoms. The zero-order chi connectivity index (χ0) is 16.3. The molecule has 2 rings (SSSR count). The first-order chi connectivity index (χ1) is 10.5. The van der Waals surface area contributed by atoms with Gasteiger partial charge in [0.25, 0.3) is 5.91 Å². The standard InChI is InChI=1S/C15H16N2O4S/c1-3-17-14(20)11(16(2)15(17)22)8-10-6-4-5-7-12(10)21-9-13(18)19/h4-8H,3,9H2,1-2H3,(H,18,19)/b11-8-. The third-order valence-corrected chi connectivity index (χ3v) is 3.72. The minimum atomic E-state index is -1.06. The Morgan fingerprint density at radius 3 is 2.68 bits per heavy atom. The third-order valence-electron chi connectivity index (χ3n) is 3.22. The Balaban J connectivity index is 2.35. The molecule has 1 aliphatic rings. The van der Waals surface area contributed by atoms with Gasteiger partial charge in [0.05, 0.1) is 0 Å². The average Bonchev–Trinajstić information content (AvgIpc) is 2.69. The third kappa shape index (κ3) is 3.09. The van der Waals surface area contributed by atoms with Gasteiger partial charge in [-0.25, -0.2) is 4.79 Å². The Labute approximate surface area is 133 Å². The molecule has 0 spiro atoms. The molecule has 116 valence electrons. The zero-order valence-electron chi connectivity index (χ0n) is 12.3. The molecule has 22 heavy (non-hydrogen) atoms. The predicted octanol–water partition coefficient (Wildman–Crippen LogP) is 1.57. The summed E-state index contributed by atoms with van der Waals surface area (Å²) >= 11 is 5.23. The van der Waals surface area contributed by atoms with Gasteiger partial charge < -0.3 is 14.7 Å². The van der Waals surface area contributed by atoms with Crippen molar-refractivity contribution in [2.24, 2.45) is 0 Å². The molecular formula is C15H16N2O4S. The number of carboxylic acid groups (broad SMARTS) is 1. The number of hydrogen-bond acceptors (Lipinski definition) is 4. The van der Waals surface area contributed by atoms with Crippen LogP contribution in [0.1, 0.15) is 12.5 Å². The highest BCUT2D eigenvalue weighted by Gasteiger charge is 2.34. The molecule has 1 N–H and O–H groups in total. The van der Waals surface area contributed by atoms with E-state index in [4.69, 9.17) is 22.1 Å². The van der Waals surface area contributed by atoms with Gasteiger partial charge in [-0.3, -0.25) is 9.69 Å². The van der Waals surface area contributed by atoms with Gasteiger partial charge in [-0.15, -0.1) is 0 Å². The van der Waals surface area contributed by atoms with Crippen molar-refractivity contribution < 1.29 is 19.4 Å². The van der Waals surface area contributed by atoms with Crippen molar-refractivity contribution in [3.8, 4) is 5.75 Å². The van der Waals surface area contributed by atoms with Gasteiger partial charge in [0, 0.05) is 19.2 Å². The van der Waals surface area contributed by atoms with E-state index in [1.807, 2.05) is 6.92 Å². The number of nitrogens with zero attached hydrogens (tertiary/aromatic N) is 2. The Morgan fingerprint density at radius 1 is 1.41 bits per heavy atom. The summed E-state index contributed by atoms with van der Waals surface area (Å²) in [5.41, 5.74) is 1.05. The van der Waals surface area contributed by atoms with E-state index < -0.39 is 12.6 Å². The molecular weight excluding hydrogens is 304 g/mol. The van der Waals surface area contributed by atoms with Gasteiger partial charge in [0.15, 0.2) is 11.7 Å². The summed E-state index contributed by atoms with van der Waals surface area (Å²) in [6.07, 6.45) is 1.65. The second-order valence-electron chi connectivity index (χ2n) is 4.64. The van der Waals surface area contributed by atoms with Crippen LogP contribution in [0.5, 0.6) is 5.75 Å². The predicted molar refractivity (Wildman–Crippen MR) is 85.3 cm³/mol. The van der Waals surface area contributed by atoms with E-state index >= 15 is 0 Å². The van der Waals surface area contributed by atoms with E-state index in [1.54, 1.807) is 42.3 Å². The molecule has 1 amide bonds. The number of aliphatic carboxylic acids is 1. The maximum Gasteiger partial charge on any atom is 0.341 e. The second-order valence-corrected chi connectivity index (χ2v) is 5.01. The van der Waals surface area contributed by atoms with E-state index in [0.717, 1.165) is 0 Å². The molecule has 0 aromatic heterocycles. The van der Waals surface area contributed by atoms with Crippen molar-refractivity contribution in [1.82, 2.24) is 9.80 Å². The molecule has 0 saturated carbocycles. The number of para-hydroxylation sites is 1. The molecule has 0 unspecified atom stereocenters. The van der Waals surface area contributed by atoms with Crippen LogP contribution in [0, 0.1) is 0 Å². The monoisotopic (exact) mass is 320 g/mol. The quantitative estimate of drug-likeness (QED) is 0.656. The highest BCUT2D eigenvalue weighted by Crippen LogP contribution is 2.26. The molecule has 1 heterocycles. The summed E-state index contributed by atoms with van der Waals surface area (Å²) in [5.74, 6) is -0.836. The van der Waals surface area contributed by atoms with E-state index in [2.05, 4.69) is 0 Å². The van der Waals surface area contributed by atoms with Crippen LogP contribution in [-0.4, -0.2) is 52.1 Å².